The van der Waals surface area contributed by atoms with Crippen LogP contribution in [0.1, 0.15) is 19.8 Å². The molecule has 64 valence electrons. The molecule has 0 saturated carbocycles. The van der Waals surface area contributed by atoms with Crippen molar-refractivity contribution >= 4 is 0 Å². The lowest BCUT2D eigenvalue weighted by Crippen LogP contribution is -2.28. The van der Waals surface area contributed by atoms with E-state index in [9.17, 15) is 5.11 Å². The van der Waals surface area contributed by atoms with Gasteiger partial charge in [0, 0.05) is 26.9 Å². The molecule has 11 heavy (non-hydrogen) atoms. The summed E-state index contributed by atoms with van der Waals surface area (Å²) in [5, 5.41) is 9.62. The minimum Gasteiger partial charge on any atom is -0.448 e. The van der Waals surface area contributed by atoms with Crippen molar-refractivity contribution in [2.45, 2.75) is 25.6 Å². The minimum absolute atomic E-state index is 0.594. The Balaban J connectivity index is 2.55. The molecular weight excluding hydrogens is 142 g/mol. The molecular formula is C8H15NO2. The number of hydrogen-bond acceptors (Lipinski definition) is 3. The lowest BCUT2D eigenvalue weighted by Gasteiger charge is -2.24. The van der Waals surface area contributed by atoms with Gasteiger partial charge in [0.25, 0.3) is 0 Å². The van der Waals surface area contributed by atoms with Gasteiger partial charge in [-0.25, -0.2) is 0 Å². The molecule has 1 aliphatic heterocycles. The zero-order chi connectivity index (χ0) is 8.48. The third-order valence-corrected chi connectivity index (χ3v) is 1.88. The van der Waals surface area contributed by atoms with Crippen molar-refractivity contribution in [2.75, 3.05) is 14.1 Å². The van der Waals surface area contributed by atoms with Gasteiger partial charge in [-0.05, 0) is 6.08 Å². The van der Waals surface area contributed by atoms with Crippen molar-refractivity contribution in [1.82, 2.24) is 4.90 Å². The molecule has 1 atom stereocenters. The fourth-order valence-corrected chi connectivity index (χ4v) is 1.02. The standard InChI is InChI=1S/C8H15NO2/c1-4-8(10)6-5-7(11-8)9(2)3/h5,10H,4,6H2,1-3H3. The first kappa shape index (κ1) is 8.40. The Morgan fingerprint density at radius 1 is 1.73 bits per heavy atom. The van der Waals surface area contributed by atoms with E-state index in [1.165, 1.54) is 0 Å². The summed E-state index contributed by atoms with van der Waals surface area (Å²) >= 11 is 0. The Morgan fingerprint density at radius 2 is 2.36 bits per heavy atom. The molecule has 3 nitrogen and oxygen atoms in total. The Hall–Kier alpha value is -0.700. The first-order valence-electron chi connectivity index (χ1n) is 3.86. The van der Waals surface area contributed by atoms with Crippen molar-refractivity contribution in [3.8, 4) is 0 Å². The quantitative estimate of drug-likeness (QED) is 0.646. The Labute approximate surface area is 67.3 Å². The van der Waals surface area contributed by atoms with Gasteiger partial charge in [0.15, 0.2) is 5.88 Å². The summed E-state index contributed by atoms with van der Waals surface area (Å²) in [7, 11) is 3.79. The Bertz CT molecular complexity index is 177. The molecule has 0 aromatic rings. The van der Waals surface area contributed by atoms with Gasteiger partial charge in [-0.1, -0.05) is 6.92 Å². The molecule has 0 aliphatic carbocycles. The van der Waals surface area contributed by atoms with Crippen molar-refractivity contribution < 1.29 is 9.84 Å². The molecule has 1 N–H and O–H groups in total. The number of rotatable bonds is 2. The SMILES string of the molecule is CCC1(O)CC=C(N(C)C)O1. The largest absolute Gasteiger partial charge is 0.448 e. The normalized spacial score (nSPS) is 29.6. The zero-order valence-electron chi connectivity index (χ0n) is 7.29. The molecule has 3 heteroatoms. The fraction of sp³-hybridized carbons (Fsp3) is 0.750. The number of nitrogens with zero attached hydrogens (tertiary/aromatic N) is 1. The molecule has 0 radical (unpaired) electrons. The second kappa shape index (κ2) is 2.74. The lowest BCUT2D eigenvalue weighted by molar-refractivity contribution is -0.172. The summed E-state index contributed by atoms with van der Waals surface area (Å²) in [6.45, 7) is 1.91. The number of aliphatic hydroxyl groups is 1. The summed E-state index contributed by atoms with van der Waals surface area (Å²) in [5.74, 6) is -0.186. The van der Waals surface area contributed by atoms with Gasteiger partial charge in [-0.3, -0.25) is 0 Å². The van der Waals surface area contributed by atoms with E-state index in [-0.39, 0.29) is 0 Å². The lowest BCUT2D eigenvalue weighted by atomic mass is 10.1. The molecule has 1 heterocycles. The first-order chi connectivity index (χ1) is 5.07. The van der Waals surface area contributed by atoms with Gasteiger partial charge in [-0.15, -0.1) is 0 Å². The monoisotopic (exact) mass is 157 g/mol. The smallest absolute Gasteiger partial charge is 0.213 e. The van der Waals surface area contributed by atoms with Crippen molar-refractivity contribution in [2.24, 2.45) is 0 Å². The molecule has 0 aromatic heterocycles. The first-order valence-corrected chi connectivity index (χ1v) is 3.86. The molecule has 0 amide bonds. The molecule has 1 unspecified atom stereocenters. The highest BCUT2D eigenvalue weighted by atomic mass is 16.6. The van der Waals surface area contributed by atoms with E-state index in [0.29, 0.717) is 12.8 Å². The van der Waals surface area contributed by atoms with Gasteiger partial charge < -0.3 is 14.7 Å². The highest BCUT2D eigenvalue weighted by Gasteiger charge is 2.32. The topological polar surface area (TPSA) is 32.7 Å². The average molecular weight is 157 g/mol. The molecule has 0 bridgehead atoms. The number of ether oxygens (including phenoxy) is 1. The van der Waals surface area contributed by atoms with Gasteiger partial charge in [0.2, 0.25) is 5.79 Å². The second-order valence-corrected chi connectivity index (χ2v) is 3.04. The van der Waals surface area contributed by atoms with Crippen molar-refractivity contribution in [3.63, 3.8) is 0 Å². The summed E-state index contributed by atoms with van der Waals surface area (Å²) in [6.07, 6.45) is 3.13. The van der Waals surface area contributed by atoms with Crippen LogP contribution in [0.25, 0.3) is 0 Å². The van der Waals surface area contributed by atoms with Crippen molar-refractivity contribution in [3.05, 3.63) is 12.0 Å². The van der Waals surface area contributed by atoms with Crippen LogP contribution in [0.5, 0.6) is 0 Å². The van der Waals surface area contributed by atoms with Crippen LogP contribution in [0.4, 0.5) is 0 Å². The summed E-state index contributed by atoms with van der Waals surface area (Å²) in [5.41, 5.74) is 0. The predicted octanol–water partition coefficient (Wildman–Crippen LogP) is 0.908. The maximum absolute atomic E-state index is 9.62. The highest BCUT2D eigenvalue weighted by molar-refractivity contribution is 5.01. The summed E-state index contributed by atoms with van der Waals surface area (Å²) in [6, 6.07) is 0. The number of hydrogen-bond donors (Lipinski definition) is 1. The Morgan fingerprint density at radius 3 is 2.64 bits per heavy atom. The van der Waals surface area contributed by atoms with Gasteiger partial charge in [0.05, 0.1) is 0 Å². The van der Waals surface area contributed by atoms with Gasteiger partial charge >= 0.3 is 0 Å². The van der Waals surface area contributed by atoms with E-state index in [4.69, 9.17) is 4.74 Å². The molecule has 0 fully saturated rings. The fourth-order valence-electron chi connectivity index (χ4n) is 1.02. The van der Waals surface area contributed by atoms with Gasteiger partial charge in [0.1, 0.15) is 0 Å². The van der Waals surface area contributed by atoms with E-state index in [1.54, 1.807) is 0 Å². The minimum atomic E-state index is -0.945. The van der Waals surface area contributed by atoms with Crippen LogP contribution in [-0.4, -0.2) is 29.9 Å². The molecule has 0 spiro atoms. The van der Waals surface area contributed by atoms with Crippen LogP contribution in [0.3, 0.4) is 0 Å². The van der Waals surface area contributed by atoms with Crippen LogP contribution in [-0.2, 0) is 4.74 Å². The molecule has 0 aromatic carbocycles. The van der Waals surface area contributed by atoms with E-state index in [0.717, 1.165) is 5.88 Å². The predicted molar refractivity (Wildman–Crippen MR) is 42.7 cm³/mol. The summed E-state index contributed by atoms with van der Waals surface area (Å²) < 4.78 is 5.30. The van der Waals surface area contributed by atoms with Crippen LogP contribution >= 0.6 is 0 Å². The van der Waals surface area contributed by atoms with Crippen LogP contribution in [0.15, 0.2) is 12.0 Å². The molecule has 1 aliphatic rings. The van der Waals surface area contributed by atoms with Crippen LogP contribution in [0.2, 0.25) is 0 Å². The van der Waals surface area contributed by atoms with E-state index in [1.807, 2.05) is 32.0 Å². The van der Waals surface area contributed by atoms with Gasteiger partial charge in [-0.2, -0.15) is 0 Å². The summed E-state index contributed by atoms with van der Waals surface area (Å²) in [4.78, 5) is 1.85. The second-order valence-electron chi connectivity index (χ2n) is 3.04. The van der Waals surface area contributed by atoms with E-state index < -0.39 is 5.79 Å². The van der Waals surface area contributed by atoms with Crippen LogP contribution < -0.4 is 0 Å². The van der Waals surface area contributed by atoms with E-state index in [2.05, 4.69) is 0 Å². The molecule has 1 rings (SSSR count). The maximum atomic E-state index is 9.62. The molecule has 0 saturated heterocycles. The maximum Gasteiger partial charge on any atom is 0.213 e. The Kier molecular flexibility index (Phi) is 2.09. The highest BCUT2D eigenvalue weighted by Crippen LogP contribution is 2.28. The third-order valence-electron chi connectivity index (χ3n) is 1.88. The van der Waals surface area contributed by atoms with Crippen LogP contribution in [0, 0.1) is 0 Å². The van der Waals surface area contributed by atoms with Crippen molar-refractivity contribution in [1.29, 1.82) is 0 Å². The van der Waals surface area contributed by atoms with E-state index >= 15 is 0 Å². The third kappa shape index (κ3) is 1.66. The zero-order valence-corrected chi connectivity index (χ0v) is 7.29. The average Bonchev–Trinajstić information content (AvgIpc) is 2.33.